The predicted molar refractivity (Wildman–Crippen MR) is 160 cm³/mol. The van der Waals surface area contributed by atoms with E-state index in [1.54, 1.807) is 0 Å². The van der Waals surface area contributed by atoms with E-state index >= 15 is 0 Å². The van der Waals surface area contributed by atoms with Crippen molar-refractivity contribution in [2.24, 2.45) is 0 Å². The molecule has 36 heavy (non-hydrogen) atoms. The van der Waals surface area contributed by atoms with Crippen molar-refractivity contribution in [3.63, 3.8) is 0 Å². The van der Waals surface area contributed by atoms with Gasteiger partial charge in [0.2, 0.25) is 0 Å². The van der Waals surface area contributed by atoms with Crippen LogP contribution >= 0.6 is 0 Å². The summed E-state index contributed by atoms with van der Waals surface area (Å²) < 4.78 is 0. The molecule has 3 rings (SSSR count). The lowest BCUT2D eigenvalue weighted by Gasteiger charge is -2.12. The molecule has 0 bridgehead atoms. The molecule has 0 unspecified atom stereocenters. The number of rotatable bonds is 7. The van der Waals surface area contributed by atoms with Gasteiger partial charge >= 0.3 is 0 Å². The summed E-state index contributed by atoms with van der Waals surface area (Å²) in [5.41, 5.74) is 13.2. The molecule has 192 valence electrons. The Morgan fingerprint density at radius 1 is 0.917 bits per heavy atom. The van der Waals surface area contributed by atoms with E-state index in [2.05, 4.69) is 113 Å². The molecule has 3 heteroatoms. The van der Waals surface area contributed by atoms with E-state index in [9.17, 15) is 0 Å². The third kappa shape index (κ3) is 7.84. The zero-order valence-corrected chi connectivity index (χ0v) is 24.1. The molecule has 0 aliphatic carbocycles. The van der Waals surface area contributed by atoms with Crippen LogP contribution in [0.4, 0.5) is 5.82 Å². The largest absolute Gasteiger partial charge is 0.391 e. The highest BCUT2D eigenvalue weighted by atomic mass is 15.1. The van der Waals surface area contributed by atoms with Crippen molar-refractivity contribution in [2.75, 3.05) is 26.0 Å². The molecule has 0 atom stereocenters. The maximum absolute atomic E-state index is 4.44. The minimum Gasteiger partial charge on any atom is -0.391 e. The zero-order chi connectivity index (χ0) is 26.8. The number of hydrogen-bond donors (Lipinski definition) is 1. The second-order valence-corrected chi connectivity index (χ2v) is 9.71. The number of nitrogens with zero attached hydrogens (tertiary/aromatic N) is 2. The van der Waals surface area contributed by atoms with Crippen molar-refractivity contribution in [1.82, 2.24) is 10.3 Å². The molecule has 0 radical (unpaired) electrons. The molecule has 2 aromatic carbocycles. The van der Waals surface area contributed by atoms with Gasteiger partial charge < -0.3 is 10.2 Å². The number of nitrogens with one attached hydrogen (secondary N) is 1. The van der Waals surface area contributed by atoms with Crippen LogP contribution in [0.5, 0.6) is 0 Å². The van der Waals surface area contributed by atoms with Crippen LogP contribution in [-0.2, 0) is 6.42 Å². The molecule has 1 N–H and O–H groups in total. The molecule has 0 aliphatic heterocycles. The van der Waals surface area contributed by atoms with Gasteiger partial charge in [0.05, 0.1) is 0 Å². The molecule has 0 saturated heterocycles. The molecule has 0 saturated carbocycles. The fourth-order valence-electron chi connectivity index (χ4n) is 4.32. The van der Waals surface area contributed by atoms with Gasteiger partial charge in [0.1, 0.15) is 5.82 Å². The van der Waals surface area contributed by atoms with E-state index in [4.69, 9.17) is 0 Å². The van der Waals surface area contributed by atoms with Crippen molar-refractivity contribution in [2.45, 2.75) is 61.3 Å². The van der Waals surface area contributed by atoms with Gasteiger partial charge in [-0.3, -0.25) is 0 Å². The smallest absolute Gasteiger partial charge is 0.127 e. The Morgan fingerprint density at radius 3 is 2.11 bits per heavy atom. The fraction of sp³-hybridized carbons (Fsp3) is 0.364. The van der Waals surface area contributed by atoms with Crippen LogP contribution in [0, 0.1) is 20.8 Å². The van der Waals surface area contributed by atoms with Crippen LogP contribution in [0.25, 0.3) is 16.7 Å². The van der Waals surface area contributed by atoms with Crippen LogP contribution in [0.1, 0.15) is 61.9 Å². The number of benzene rings is 2. The highest BCUT2D eigenvalue weighted by Crippen LogP contribution is 2.25. The molecule has 1 heterocycles. The first kappa shape index (κ1) is 28.9. The maximum atomic E-state index is 4.44. The average molecular weight is 484 g/mol. The SMILES string of the molecule is CCC(/C=C(\C)c1ccc(C)cc1CC)=C(\C)NC.Cc1ccc(-c2ccc(N(C)C)nc2)c(C)c1. The van der Waals surface area contributed by atoms with Crippen LogP contribution in [-0.4, -0.2) is 26.1 Å². The molecule has 0 fully saturated rings. The van der Waals surface area contributed by atoms with Crippen LogP contribution in [0.3, 0.4) is 0 Å². The van der Waals surface area contributed by atoms with Crippen molar-refractivity contribution in [3.05, 3.63) is 99.9 Å². The van der Waals surface area contributed by atoms with Crippen molar-refractivity contribution >= 4 is 11.4 Å². The molecular weight excluding hydrogens is 438 g/mol. The van der Waals surface area contributed by atoms with Crippen LogP contribution in [0.2, 0.25) is 0 Å². The Kier molecular flexibility index (Phi) is 11.0. The number of anilines is 1. The molecule has 0 aliphatic rings. The van der Waals surface area contributed by atoms with Gasteiger partial charge in [0, 0.05) is 38.6 Å². The average Bonchev–Trinajstić information content (AvgIpc) is 2.87. The molecule has 3 nitrogen and oxygen atoms in total. The number of aryl methyl sites for hydroxylation is 4. The fourth-order valence-corrected chi connectivity index (χ4v) is 4.32. The summed E-state index contributed by atoms with van der Waals surface area (Å²) in [7, 11) is 5.98. The quantitative estimate of drug-likeness (QED) is 0.343. The predicted octanol–water partition coefficient (Wildman–Crippen LogP) is 8.30. The highest BCUT2D eigenvalue weighted by Gasteiger charge is 2.05. The minimum atomic E-state index is 0.985. The number of allylic oxidation sites excluding steroid dienone is 4. The van der Waals surface area contributed by atoms with E-state index in [0.717, 1.165) is 18.7 Å². The first-order valence-electron chi connectivity index (χ1n) is 13.0. The van der Waals surface area contributed by atoms with Gasteiger partial charge in [-0.05, 0) is 93.0 Å². The Bertz CT molecular complexity index is 1200. The number of hydrogen-bond acceptors (Lipinski definition) is 3. The number of aromatic nitrogens is 1. The lowest BCUT2D eigenvalue weighted by atomic mass is 9.95. The van der Waals surface area contributed by atoms with Crippen molar-refractivity contribution in [1.29, 1.82) is 0 Å². The van der Waals surface area contributed by atoms with Crippen molar-refractivity contribution in [3.8, 4) is 11.1 Å². The summed E-state index contributed by atoms with van der Waals surface area (Å²) in [6.07, 6.45) is 6.39. The molecule has 3 aromatic rings. The van der Waals surface area contributed by atoms with E-state index < -0.39 is 0 Å². The lowest BCUT2D eigenvalue weighted by Crippen LogP contribution is -2.10. The molecular formula is C33H45N3. The monoisotopic (exact) mass is 483 g/mol. The van der Waals surface area contributed by atoms with Crippen LogP contribution < -0.4 is 10.2 Å². The topological polar surface area (TPSA) is 28.2 Å². The second-order valence-electron chi connectivity index (χ2n) is 9.71. The van der Waals surface area contributed by atoms with E-state index in [-0.39, 0.29) is 0 Å². The summed E-state index contributed by atoms with van der Waals surface area (Å²) in [5.74, 6) is 0.985. The summed E-state index contributed by atoms with van der Waals surface area (Å²) in [5, 5.41) is 3.25. The van der Waals surface area contributed by atoms with Crippen molar-refractivity contribution < 1.29 is 0 Å². The van der Waals surface area contributed by atoms with E-state index in [0.29, 0.717) is 0 Å². The molecule has 0 amide bonds. The Morgan fingerprint density at radius 2 is 1.58 bits per heavy atom. The zero-order valence-electron chi connectivity index (χ0n) is 24.1. The Hall–Kier alpha value is -3.33. The Balaban J connectivity index is 0.000000255. The normalized spacial score (nSPS) is 11.9. The van der Waals surface area contributed by atoms with Gasteiger partial charge in [-0.25, -0.2) is 4.98 Å². The lowest BCUT2D eigenvalue weighted by molar-refractivity contribution is 0.940. The third-order valence-electron chi connectivity index (χ3n) is 6.59. The first-order chi connectivity index (χ1) is 17.1. The van der Waals surface area contributed by atoms with Gasteiger partial charge in [-0.1, -0.05) is 67.4 Å². The number of pyridine rings is 1. The van der Waals surface area contributed by atoms with E-state index in [1.165, 1.54) is 55.8 Å². The second kappa shape index (κ2) is 13.7. The highest BCUT2D eigenvalue weighted by molar-refractivity contribution is 5.70. The van der Waals surface area contributed by atoms with E-state index in [1.807, 2.05) is 32.2 Å². The summed E-state index contributed by atoms with van der Waals surface area (Å²) in [6.45, 7) is 15.2. The van der Waals surface area contributed by atoms with Gasteiger partial charge in [0.25, 0.3) is 0 Å². The summed E-state index contributed by atoms with van der Waals surface area (Å²) in [6, 6.07) is 17.4. The summed E-state index contributed by atoms with van der Waals surface area (Å²) >= 11 is 0. The van der Waals surface area contributed by atoms with Gasteiger partial charge in [-0.2, -0.15) is 0 Å². The first-order valence-corrected chi connectivity index (χ1v) is 13.0. The molecule has 1 aromatic heterocycles. The van der Waals surface area contributed by atoms with Gasteiger partial charge in [0.15, 0.2) is 0 Å². The molecule has 0 spiro atoms. The summed E-state index contributed by atoms with van der Waals surface area (Å²) in [4.78, 5) is 6.45. The van der Waals surface area contributed by atoms with Gasteiger partial charge in [-0.15, -0.1) is 0 Å². The minimum absolute atomic E-state index is 0.985. The Labute approximate surface area is 220 Å². The van der Waals surface area contributed by atoms with Crippen LogP contribution in [0.15, 0.2) is 72.1 Å². The standard InChI is InChI=1S/C18H27N.C15H18N2/c1-7-16(15(5)19-6)12-14(4)18-10-9-13(3)11-17(18)8-2;1-11-5-7-14(12(2)9-11)13-6-8-15(16-10-13)17(3)4/h9-12,19H,7-8H2,1-6H3;5-10H,1-4H3/b14-12+,16-15-;. The third-order valence-corrected chi connectivity index (χ3v) is 6.59. The maximum Gasteiger partial charge on any atom is 0.127 e.